The Morgan fingerprint density at radius 3 is 2.56 bits per heavy atom. The number of carbonyl (C=O) groups excluding carboxylic acids is 1. The van der Waals surface area contributed by atoms with Crippen molar-refractivity contribution < 1.29 is 32.2 Å². The Morgan fingerprint density at radius 2 is 2.00 bits per heavy atom. The van der Waals surface area contributed by atoms with Gasteiger partial charge in [-0.05, 0) is 25.1 Å². The van der Waals surface area contributed by atoms with Crippen LogP contribution in [0, 0.1) is 0 Å². The summed E-state index contributed by atoms with van der Waals surface area (Å²) in [5.74, 6) is -0.724. The molecule has 0 aliphatic rings. The highest BCUT2D eigenvalue weighted by atomic mass is 19.4. The van der Waals surface area contributed by atoms with Gasteiger partial charge in [0.2, 0.25) is 0 Å². The van der Waals surface area contributed by atoms with E-state index < -0.39 is 12.1 Å². The molecule has 0 atom stereocenters. The van der Waals surface area contributed by atoms with E-state index in [2.05, 4.69) is 4.74 Å². The Balaban J connectivity index is 2.89. The lowest BCUT2D eigenvalue weighted by atomic mass is 10.2. The first kappa shape index (κ1) is 14.3. The van der Waals surface area contributed by atoms with Gasteiger partial charge in [0.1, 0.15) is 6.29 Å². The number of benzene rings is 1. The molecular formula is C11H11F3O4. The molecule has 7 heteroatoms. The van der Waals surface area contributed by atoms with E-state index in [1.165, 1.54) is 12.1 Å². The normalized spacial score (nSPS) is 11.1. The Bertz CT molecular complexity index is 404. The third kappa shape index (κ3) is 4.62. The summed E-state index contributed by atoms with van der Waals surface area (Å²) >= 11 is 0. The van der Waals surface area contributed by atoms with Crippen LogP contribution in [-0.2, 0) is 4.74 Å². The summed E-state index contributed by atoms with van der Waals surface area (Å²) in [6.45, 7) is 1.87. The predicted octanol–water partition coefficient (Wildman–Crippen LogP) is 2.77. The fourth-order valence-electron chi connectivity index (χ4n) is 1.11. The topological polar surface area (TPSA) is 44.8 Å². The lowest BCUT2D eigenvalue weighted by Gasteiger charge is -2.14. The van der Waals surface area contributed by atoms with E-state index >= 15 is 0 Å². The van der Waals surface area contributed by atoms with Gasteiger partial charge in [-0.3, -0.25) is 4.79 Å². The van der Waals surface area contributed by atoms with Crippen LogP contribution in [-0.4, -0.2) is 26.0 Å². The van der Waals surface area contributed by atoms with Gasteiger partial charge in [-0.15, -0.1) is 13.2 Å². The summed E-state index contributed by atoms with van der Waals surface area (Å²) in [5.41, 5.74) is 0.0537. The van der Waals surface area contributed by atoms with Crippen LogP contribution >= 0.6 is 0 Å². The van der Waals surface area contributed by atoms with E-state index in [9.17, 15) is 18.0 Å². The molecule has 4 nitrogen and oxygen atoms in total. The Kier molecular flexibility index (Phi) is 4.96. The first-order valence-corrected chi connectivity index (χ1v) is 5.01. The Morgan fingerprint density at radius 1 is 1.28 bits per heavy atom. The summed E-state index contributed by atoms with van der Waals surface area (Å²) in [4.78, 5) is 10.5. The van der Waals surface area contributed by atoms with Gasteiger partial charge >= 0.3 is 6.36 Å². The van der Waals surface area contributed by atoms with Crippen molar-refractivity contribution in [3.63, 3.8) is 0 Å². The van der Waals surface area contributed by atoms with Crippen molar-refractivity contribution in [2.45, 2.75) is 13.3 Å². The zero-order chi connectivity index (χ0) is 13.6. The van der Waals surface area contributed by atoms with Crippen LogP contribution < -0.4 is 9.47 Å². The van der Waals surface area contributed by atoms with E-state index in [1.807, 2.05) is 0 Å². The first-order valence-electron chi connectivity index (χ1n) is 5.01. The fourth-order valence-corrected chi connectivity index (χ4v) is 1.11. The molecule has 0 spiro atoms. The van der Waals surface area contributed by atoms with E-state index in [4.69, 9.17) is 9.47 Å². The average Bonchev–Trinajstić information content (AvgIpc) is 2.29. The highest BCUT2D eigenvalue weighted by Gasteiger charge is 2.32. The smallest absolute Gasteiger partial charge is 0.464 e. The monoisotopic (exact) mass is 264 g/mol. The number of rotatable bonds is 6. The standard InChI is InChI=1S/C11H11F3O4/c1-2-16-7-17-9-4-3-8(6-15)5-10(9)18-11(12,13)14/h3-6H,2,7H2,1H3. The van der Waals surface area contributed by atoms with Crippen LogP contribution in [0.2, 0.25) is 0 Å². The molecular weight excluding hydrogens is 253 g/mol. The van der Waals surface area contributed by atoms with Crippen molar-refractivity contribution >= 4 is 6.29 Å². The third-order valence-corrected chi connectivity index (χ3v) is 1.83. The maximum atomic E-state index is 12.1. The highest BCUT2D eigenvalue weighted by Crippen LogP contribution is 2.32. The maximum absolute atomic E-state index is 12.1. The lowest BCUT2D eigenvalue weighted by molar-refractivity contribution is -0.275. The van der Waals surface area contributed by atoms with E-state index in [0.717, 1.165) is 6.07 Å². The second-order valence-corrected chi connectivity index (χ2v) is 3.13. The number of hydrogen-bond donors (Lipinski definition) is 0. The summed E-state index contributed by atoms with van der Waals surface area (Å²) in [7, 11) is 0. The second kappa shape index (κ2) is 6.25. The van der Waals surface area contributed by atoms with Gasteiger partial charge in [0.05, 0.1) is 0 Å². The summed E-state index contributed by atoms with van der Waals surface area (Å²) in [6.07, 6.45) is -4.44. The minimum absolute atomic E-state index is 0.0537. The molecule has 0 unspecified atom stereocenters. The van der Waals surface area contributed by atoms with Crippen LogP contribution in [0.4, 0.5) is 13.2 Å². The minimum Gasteiger partial charge on any atom is -0.464 e. The molecule has 0 aliphatic heterocycles. The molecule has 0 fully saturated rings. The summed E-state index contributed by atoms with van der Waals surface area (Å²) < 4.78 is 50.0. The van der Waals surface area contributed by atoms with Gasteiger partial charge in [-0.2, -0.15) is 0 Å². The number of hydrogen-bond acceptors (Lipinski definition) is 4. The SMILES string of the molecule is CCOCOc1ccc(C=O)cc1OC(F)(F)F. The largest absolute Gasteiger partial charge is 0.573 e. The van der Waals surface area contributed by atoms with Crippen molar-refractivity contribution in [3.05, 3.63) is 23.8 Å². The molecule has 0 aliphatic carbocycles. The number of aldehydes is 1. The Hall–Kier alpha value is -1.76. The molecule has 1 aromatic carbocycles. The Labute approximate surface area is 101 Å². The number of alkyl halides is 3. The zero-order valence-electron chi connectivity index (χ0n) is 9.49. The van der Waals surface area contributed by atoms with Crippen LogP contribution in [0.25, 0.3) is 0 Å². The predicted molar refractivity (Wildman–Crippen MR) is 55.6 cm³/mol. The molecule has 0 aromatic heterocycles. The molecule has 0 saturated carbocycles. The van der Waals surface area contributed by atoms with Crippen molar-refractivity contribution in [2.24, 2.45) is 0 Å². The van der Waals surface area contributed by atoms with Crippen LogP contribution in [0.15, 0.2) is 18.2 Å². The number of ether oxygens (including phenoxy) is 3. The van der Waals surface area contributed by atoms with Gasteiger partial charge < -0.3 is 14.2 Å². The molecule has 100 valence electrons. The van der Waals surface area contributed by atoms with Gasteiger partial charge in [0.25, 0.3) is 0 Å². The van der Waals surface area contributed by atoms with E-state index in [-0.39, 0.29) is 18.1 Å². The maximum Gasteiger partial charge on any atom is 0.573 e. The lowest BCUT2D eigenvalue weighted by Crippen LogP contribution is -2.18. The fraction of sp³-hybridized carbons (Fsp3) is 0.364. The van der Waals surface area contributed by atoms with Gasteiger partial charge in [-0.25, -0.2) is 0 Å². The van der Waals surface area contributed by atoms with Gasteiger partial charge in [0, 0.05) is 12.2 Å². The third-order valence-electron chi connectivity index (χ3n) is 1.83. The van der Waals surface area contributed by atoms with E-state index in [1.54, 1.807) is 6.92 Å². The molecule has 1 rings (SSSR count). The van der Waals surface area contributed by atoms with Crippen LogP contribution in [0.5, 0.6) is 11.5 Å². The van der Waals surface area contributed by atoms with Crippen molar-refractivity contribution in [1.29, 1.82) is 0 Å². The summed E-state index contributed by atoms with van der Waals surface area (Å²) in [5, 5.41) is 0. The molecule has 0 amide bonds. The van der Waals surface area contributed by atoms with Crippen LogP contribution in [0.1, 0.15) is 17.3 Å². The highest BCUT2D eigenvalue weighted by molar-refractivity contribution is 5.76. The molecule has 0 N–H and O–H groups in total. The zero-order valence-corrected chi connectivity index (χ0v) is 9.49. The average molecular weight is 264 g/mol. The molecule has 18 heavy (non-hydrogen) atoms. The second-order valence-electron chi connectivity index (χ2n) is 3.13. The number of carbonyl (C=O) groups is 1. The minimum atomic E-state index is -4.86. The van der Waals surface area contributed by atoms with Crippen molar-refractivity contribution in [2.75, 3.05) is 13.4 Å². The molecule has 1 aromatic rings. The molecule has 0 bridgehead atoms. The first-order chi connectivity index (χ1) is 8.46. The molecule has 0 heterocycles. The molecule has 0 saturated heterocycles. The summed E-state index contributed by atoms with van der Waals surface area (Å²) in [6, 6.07) is 3.48. The van der Waals surface area contributed by atoms with Gasteiger partial charge in [-0.1, -0.05) is 0 Å². The number of halogens is 3. The quantitative estimate of drug-likeness (QED) is 0.450. The van der Waals surface area contributed by atoms with Crippen molar-refractivity contribution in [1.82, 2.24) is 0 Å². The molecule has 0 radical (unpaired) electrons. The van der Waals surface area contributed by atoms with Crippen molar-refractivity contribution in [3.8, 4) is 11.5 Å². The van der Waals surface area contributed by atoms with Crippen LogP contribution in [0.3, 0.4) is 0 Å². The van der Waals surface area contributed by atoms with Gasteiger partial charge in [0.15, 0.2) is 18.3 Å². The van der Waals surface area contributed by atoms with E-state index in [0.29, 0.717) is 12.9 Å².